The molecule has 1 saturated heterocycles. The molecule has 1 aliphatic carbocycles. The van der Waals surface area contributed by atoms with Crippen LogP contribution >= 0.6 is 11.6 Å². The van der Waals surface area contributed by atoms with Gasteiger partial charge in [0, 0.05) is 53.7 Å². The normalized spacial score (nSPS) is 27.1. The van der Waals surface area contributed by atoms with Crippen molar-refractivity contribution in [3.63, 3.8) is 0 Å². The lowest BCUT2D eigenvalue weighted by Gasteiger charge is -2.27. The average Bonchev–Trinajstić information content (AvgIpc) is 3.18. The van der Waals surface area contributed by atoms with Crippen LogP contribution in [-0.2, 0) is 20.7 Å². The van der Waals surface area contributed by atoms with Crippen molar-refractivity contribution in [2.45, 2.75) is 51.8 Å². The number of phenolic OH excluding ortho intramolecular Hbond substituents is 1. The minimum absolute atomic E-state index is 0.000776. The molecule has 0 radical (unpaired) electrons. The van der Waals surface area contributed by atoms with E-state index in [4.69, 9.17) is 16.3 Å². The Morgan fingerprint density at radius 3 is 2.54 bits per heavy atom. The average molecular weight is 503 g/mol. The molecule has 5 atom stereocenters. The van der Waals surface area contributed by atoms with Crippen LogP contribution in [0.2, 0.25) is 5.02 Å². The number of benzene rings is 1. The lowest BCUT2D eigenvalue weighted by Crippen LogP contribution is -2.48. The molecule has 0 spiro atoms. The predicted octanol–water partition coefficient (Wildman–Crippen LogP) is 2.66. The number of likely N-dealkylation sites (tertiary alicyclic amines) is 1. The Hall–Kier alpha value is -3.07. The van der Waals surface area contributed by atoms with Crippen LogP contribution in [0.3, 0.4) is 0 Å². The van der Waals surface area contributed by atoms with Gasteiger partial charge in [-0.25, -0.2) is 4.79 Å². The Morgan fingerprint density at radius 1 is 1.20 bits per heavy atom. The topological polar surface area (TPSA) is 120 Å². The van der Waals surface area contributed by atoms with Crippen LogP contribution in [0, 0.1) is 17.8 Å². The molecule has 0 aromatic heterocycles. The number of aromatic hydroxyl groups is 1. The second-order valence-electron chi connectivity index (χ2n) is 10.4. The number of piperidine rings is 1. The highest BCUT2D eigenvalue weighted by Crippen LogP contribution is 2.45. The molecule has 3 N–H and O–H groups in total. The van der Waals surface area contributed by atoms with Gasteiger partial charge in [-0.05, 0) is 45.0 Å². The number of amides is 3. The molecule has 4 rings (SSSR count). The zero-order valence-electron chi connectivity index (χ0n) is 20.2. The van der Waals surface area contributed by atoms with E-state index in [0.29, 0.717) is 29.4 Å². The van der Waals surface area contributed by atoms with Gasteiger partial charge in [0.05, 0.1) is 12.5 Å². The SMILES string of the molecule is CC1C(C(=O)N[C@H]2[C@@H]3CN(C(=O)OC(C)(C)C)C[C@@H]32)=NC=CC1NC(=O)Cc1cc(Cl)ccc1O. The quantitative estimate of drug-likeness (QED) is 0.571. The molecule has 3 aliphatic rings. The Labute approximate surface area is 209 Å². The Balaban J connectivity index is 1.27. The smallest absolute Gasteiger partial charge is 0.410 e. The monoisotopic (exact) mass is 502 g/mol. The number of nitrogens with one attached hydrogen (secondary N) is 2. The van der Waals surface area contributed by atoms with E-state index < -0.39 is 11.6 Å². The fourth-order valence-electron chi connectivity index (χ4n) is 4.66. The number of rotatable bonds is 5. The Morgan fingerprint density at radius 2 is 1.89 bits per heavy atom. The summed E-state index contributed by atoms with van der Waals surface area (Å²) in [5.74, 6) is -0.487. The van der Waals surface area contributed by atoms with Gasteiger partial charge < -0.3 is 25.4 Å². The number of fused-ring (bicyclic) bond motifs is 1. The summed E-state index contributed by atoms with van der Waals surface area (Å²) >= 11 is 5.96. The number of aliphatic imine (C=N–C) groups is 1. The number of carbonyl (C=O) groups excluding carboxylic acids is 3. The van der Waals surface area contributed by atoms with Crippen LogP contribution in [-0.4, -0.2) is 64.4 Å². The van der Waals surface area contributed by atoms with Crippen LogP contribution in [0.15, 0.2) is 35.5 Å². The molecule has 1 aromatic carbocycles. The van der Waals surface area contributed by atoms with Crippen molar-refractivity contribution < 1.29 is 24.2 Å². The van der Waals surface area contributed by atoms with E-state index in [1.807, 2.05) is 27.7 Å². The third-order valence-corrected chi connectivity index (χ3v) is 6.81. The van der Waals surface area contributed by atoms with Crippen LogP contribution in [0.25, 0.3) is 0 Å². The van der Waals surface area contributed by atoms with Crippen molar-refractivity contribution in [3.8, 4) is 5.75 Å². The van der Waals surface area contributed by atoms with Crippen LogP contribution in [0.5, 0.6) is 5.75 Å². The summed E-state index contributed by atoms with van der Waals surface area (Å²) in [6, 6.07) is 4.13. The molecule has 2 aliphatic heterocycles. The van der Waals surface area contributed by atoms with Gasteiger partial charge in [0.15, 0.2) is 0 Å². The maximum absolute atomic E-state index is 13.0. The first kappa shape index (κ1) is 25.0. The van der Waals surface area contributed by atoms with E-state index in [1.165, 1.54) is 12.3 Å². The van der Waals surface area contributed by atoms with Gasteiger partial charge in [-0.2, -0.15) is 0 Å². The van der Waals surface area contributed by atoms with Gasteiger partial charge in [0.25, 0.3) is 5.91 Å². The summed E-state index contributed by atoms with van der Waals surface area (Å²) in [6.45, 7) is 8.46. The third-order valence-electron chi connectivity index (χ3n) is 6.57. The Bertz CT molecular complexity index is 1080. The highest BCUT2D eigenvalue weighted by molar-refractivity contribution is 6.40. The number of nitrogens with zero attached hydrogens (tertiary/aromatic N) is 2. The molecular formula is C25H31ClN4O5. The van der Waals surface area contributed by atoms with E-state index in [-0.39, 0.29) is 53.9 Å². The van der Waals surface area contributed by atoms with Gasteiger partial charge in [-0.3, -0.25) is 14.6 Å². The molecule has 188 valence electrons. The number of carbonyl (C=O) groups is 3. The number of ether oxygens (including phenoxy) is 1. The first-order valence-corrected chi connectivity index (χ1v) is 12.1. The molecule has 3 amide bonds. The fraction of sp³-hybridized carbons (Fsp3) is 0.520. The molecular weight excluding hydrogens is 472 g/mol. The number of hydrogen-bond donors (Lipinski definition) is 3. The van der Waals surface area contributed by atoms with Crippen molar-refractivity contribution in [1.82, 2.24) is 15.5 Å². The molecule has 2 fully saturated rings. The third kappa shape index (κ3) is 5.78. The number of hydrogen-bond acceptors (Lipinski definition) is 6. The summed E-state index contributed by atoms with van der Waals surface area (Å²) < 4.78 is 5.43. The van der Waals surface area contributed by atoms with Gasteiger partial charge in [-0.1, -0.05) is 18.5 Å². The standard InChI is InChI=1S/C25H31ClN4O5/c1-13-18(28-20(32)10-14-9-15(26)5-6-19(14)31)7-8-27-21(13)23(33)29-22-16-11-30(12-17(16)22)24(34)35-25(2,3)4/h5-9,13,16-18,22,31H,10-12H2,1-4H3,(H,28,32)(H,29,33)/t13?,16-,17+,18?,22+. The molecule has 9 nitrogen and oxygen atoms in total. The van der Waals surface area contributed by atoms with E-state index in [1.54, 1.807) is 23.1 Å². The molecule has 2 heterocycles. The largest absolute Gasteiger partial charge is 0.508 e. The van der Waals surface area contributed by atoms with Gasteiger partial charge in [0.2, 0.25) is 5.91 Å². The molecule has 35 heavy (non-hydrogen) atoms. The molecule has 2 unspecified atom stereocenters. The first-order valence-electron chi connectivity index (χ1n) is 11.7. The summed E-state index contributed by atoms with van der Waals surface area (Å²) in [6.07, 6.45) is 2.90. The Kier molecular flexibility index (Phi) is 6.81. The minimum Gasteiger partial charge on any atom is -0.508 e. The molecule has 1 aromatic rings. The van der Waals surface area contributed by atoms with Crippen LogP contribution < -0.4 is 10.6 Å². The maximum atomic E-state index is 13.0. The molecule has 1 saturated carbocycles. The van der Waals surface area contributed by atoms with E-state index in [0.717, 1.165) is 0 Å². The highest BCUT2D eigenvalue weighted by Gasteiger charge is 2.58. The van der Waals surface area contributed by atoms with Crippen molar-refractivity contribution in [1.29, 1.82) is 0 Å². The zero-order chi connectivity index (χ0) is 25.5. The van der Waals surface area contributed by atoms with Crippen LogP contribution in [0.4, 0.5) is 4.79 Å². The first-order chi connectivity index (χ1) is 16.4. The number of phenols is 1. The minimum atomic E-state index is -0.541. The van der Waals surface area contributed by atoms with Crippen molar-refractivity contribution >= 4 is 35.2 Å². The molecule has 0 bridgehead atoms. The second-order valence-corrected chi connectivity index (χ2v) is 10.8. The lowest BCUT2D eigenvalue weighted by atomic mass is 9.93. The van der Waals surface area contributed by atoms with Gasteiger partial charge >= 0.3 is 6.09 Å². The van der Waals surface area contributed by atoms with Crippen molar-refractivity contribution in [3.05, 3.63) is 41.1 Å². The summed E-state index contributed by atoms with van der Waals surface area (Å²) in [4.78, 5) is 43.7. The van der Waals surface area contributed by atoms with E-state index in [2.05, 4.69) is 15.6 Å². The second kappa shape index (κ2) is 9.53. The highest BCUT2D eigenvalue weighted by atomic mass is 35.5. The zero-order valence-corrected chi connectivity index (χ0v) is 21.0. The summed E-state index contributed by atoms with van der Waals surface area (Å²) in [5.41, 5.74) is 0.230. The van der Waals surface area contributed by atoms with Crippen molar-refractivity contribution in [2.75, 3.05) is 13.1 Å². The van der Waals surface area contributed by atoms with Gasteiger partial charge in [0.1, 0.15) is 17.1 Å². The van der Waals surface area contributed by atoms with E-state index in [9.17, 15) is 19.5 Å². The number of halogens is 1. The summed E-state index contributed by atoms with van der Waals surface area (Å²) in [5, 5.41) is 16.3. The predicted molar refractivity (Wildman–Crippen MR) is 131 cm³/mol. The van der Waals surface area contributed by atoms with Crippen molar-refractivity contribution in [2.24, 2.45) is 22.7 Å². The lowest BCUT2D eigenvalue weighted by molar-refractivity contribution is -0.121. The summed E-state index contributed by atoms with van der Waals surface area (Å²) in [7, 11) is 0. The fourth-order valence-corrected chi connectivity index (χ4v) is 4.85. The van der Waals surface area contributed by atoms with Crippen LogP contribution in [0.1, 0.15) is 33.3 Å². The molecule has 10 heteroatoms. The van der Waals surface area contributed by atoms with Gasteiger partial charge in [-0.15, -0.1) is 0 Å². The maximum Gasteiger partial charge on any atom is 0.410 e. The van der Waals surface area contributed by atoms with E-state index >= 15 is 0 Å².